The molecule has 0 radical (unpaired) electrons. The van der Waals surface area contributed by atoms with E-state index >= 15 is 0 Å². The minimum absolute atomic E-state index is 0.232. The largest absolute Gasteiger partial charge is 0.479 e. The van der Waals surface area contributed by atoms with Crippen molar-refractivity contribution >= 4 is 5.97 Å². The van der Waals surface area contributed by atoms with Gasteiger partial charge in [-0.2, -0.15) is 0 Å². The summed E-state index contributed by atoms with van der Waals surface area (Å²) in [4.78, 5) is 11.5. The van der Waals surface area contributed by atoms with Crippen molar-refractivity contribution in [1.82, 2.24) is 20.2 Å². The van der Waals surface area contributed by atoms with E-state index in [1.165, 1.54) is 4.68 Å². The Morgan fingerprint density at radius 3 is 2.56 bits per heavy atom. The molecule has 18 heavy (non-hydrogen) atoms. The van der Waals surface area contributed by atoms with Gasteiger partial charge in [0.15, 0.2) is 11.4 Å². The molecule has 0 amide bonds. The van der Waals surface area contributed by atoms with Crippen molar-refractivity contribution in [3.05, 3.63) is 5.82 Å². The summed E-state index contributed by atoms with van der Waals surface area (Å²) in [7, 11) is 0. The highest BCUT2D eigenvalue weighted by molar-refractivity contribution is 5.76. The molecule has 1 heterocycles. The SMILES string of the molecule is CCCOCc1nnnn1C(CC)(CC)C(=O)O. The van der Waals surface area contributed by atoms with Gasteiger partial charge in [0, 0.05) is 6.61 Å². The van der Waals surface area contributed by atoms with Crippen LogP contribution in [0.5, 0.6) is 0 Å². The molecule has 0 bridgehead atoms. The number of ether oxygens (including phenoxy) is 1. The lowest BCUT2D eigenvalue weighted by Crippen LogP contribution is -2.43. The zero-order valence-corrected chi connectivity index (χ0v) is 11.1. The average Bonchev–Trinajstić information content (AvgIpc) is 2.81. The molecule has 1 N–H and O–H groups in total. The third-order valence-corrected chi connectivity index (χ3v) is 3.09. The summed E-state index contributed by atoms with van der Waals surface area (Å²) in [5.41, 5.74) is -1.09. The van der Waals surface area contributed by atoms with E-state index in [4.69, 9.17) is 4.74 Å². The summed E-state index contributed by atoms with van der Waals surface area (Å²) in [5, 5.41) is 20.7. The van der Waals surface area contributed by atoms with Gasteiger partial charge in [0.25, 0.3) is 0 Å². The summed E-state index contributed by atoms with van der Waals surface area (Å²) in [6.45, 7) is 6.47. The van der Waals surface area contributed by atoms with Crippen LogP contribution in [-0.2, 0) is 21.7 Å². The Bertz CT molecular complexity index is 387. The standard InChI is InChI=1S/C11H20N4O3/c1-4-7-18-8-9-12-13-14-15(9)11(5-2,6-3)10(16)17/h4-8H2,1-3H3,(H,16,17). The molecule has 1 aromatic rings. The third kappa shape index (κ3) is 2.66. The van der Waals surface area contributed by atoms with E-state index in [-0.39, 0.29) is 6.61 Å². The zero-order valence-electron chi connectivity index (χ0n) is 11.1. The monoisotopic (exact) mass is 256 g/mol. The maximum Gasteiger partial charge on any atom is 0.331 e. The van der Waals surface area contributed by atoms with Crippen LogP contribution in [0.3, 0.4) is 0 Å². The molecule has 7 nitrogen and oxygen atoms in total. The summed E-state index contributed by atoms with van der Waals surface area (Å²) >= 11 is 0. The fourth-order valence-corrected chi connectivity index (χ4v) is 1.88. The molecule has 0 fully saturated rings. The van der Waals surface area contributed by atoms with E-state index in [9.17, 15) is 9.90 Å². The van der Waals surface area contributed by atoms with Crippen molar-refractivity contribution in [2.24, 2.45) is 0 Å². The molecule has 102 valence electrons. The molecule has 0 spiro atoms. The Labute approximate surface area is 106 Å². The van der Waals surface area contributed by atoms with Crippen LogP contribution in [0.4, 0.5) is 0 Å². The molecule has 0 aliphatic rings. The summed E-state index contributed by atoms with van der Waals surface area (Å²) in [6.07, 6.45) is 1.74. The van der Waals surface area contributed by atoms with Crippen molar-refractivity contribution in [1.29, 1.82) is 0 Å². The van der Waals surface area contributed by atoms with Crippen LogP contribution in [0.1, 0.15) is 45.9 Å². The molecular weight excluding hydrogens is 236 g/mol. The van der Waals surface area contributed by atoms with Gasteiger partial charge in [-0.25, -0.2) is 9.48 Å². The highest BCUT2D eigenvalue weighted by Crippen LogP contribution is 2.25. The van der Waals surface area contributed by atoms with E-state index in [0.29, 0.717) is 25.3 Å². The first-order chi connectivity index (χ1) is 8.62. The second-order valence-electron chi connectivity index (χ2n) is 4.10. The van der Waals surface area contributed by atoms with Gasteiger partial charge in [-0.3, -0.25) is 0 Å². The van der Waals surface area contributed by atoms with Crippen molar-refractivity contribution in [3.63, 3.8) is 0 Å². The number of rotatable bonds is 8. The van der Waals surface area contributed by atoms with Crippen LogP contribution >= 0.6 is 0 Å². The van der Waals surface area contributed by atoms with Crippen LogP contribution in [0, 0.1) is 0 Å². The van der Waals surface area contributed by atoms with Gasteiger partial charge in [-0.05, 0) is 29.7 Å². The van der Waals surface area contributed by atoms with Crippen molar-refractivity contribution in [2.45, 2.75) is 52.2 Å². The number of carbonyl (C=O) groups is 1. The maximum atomic E-state index is 11.5. The fourth-order valence-electron chi connectivity index (χ4n) is 1.88. The number of aliphatic carboxylic acids is 1. The molecule has 1 aromatic heterocycles. The van der Waals surface area contributed by atoms with Crippen molar-refractivity contribution in [2.75, 3.05) is 6.61 Å². The minimum Gasteiger partial charge on any atom is -0.479 e. The number of aromatic nitrogens is 4. The van der Waals surface area contributed by atoms with Crippen LogP contribution < -0.4 is 0 Å². The van der Waals surface area contributed by atoms with Gasteiger partial charge in [-0.15, -0.1) is 5.10 Å². The highest BCUT2D eigenvalue weighted by Gasteiger charge is 2.40. The second-order valence-corrected chi connectivity index (χ2v) is 4.10. The summed E-state index contributed by atoms with van der Waals surface area (Å²) in [5.74, 6) is -0.467. The number of carboxylic acids is 1. The molecular formula is C11H20N4O3. The Morgan fingerprint density at radius 1 is 1.39 bits per heavy atom. The van der Waals surface area contributed by atoms with E-state index < -0.39 is 11.5 Å². The van der Waals surface area contributed by atoms with Crippen LogP contribution in [-0.4, -0.2) is 37.9 Å². The Morgan fingerprint density at radius 2 is 2.06 bits per heavy atom. The predicted molar refractivity (Wildman–Crippen MR) is 64.0 cm³/mol. The van der Waals surface area contributed by atoms with E-state index in [0.717, 1.165) is 6.42 Å². The molecule has 0 aliphatic heterocycles. The lowest BCUT2D eigenvalue weighted by Gasteiger charge is -2.27. The predicted octanol–water partition coefficient (Wildman–Crippen LogP) is 1.20. The lowest BCUT2D eigenvalue weighted by molar-refractivity contribution is -0.149. The van der Waals surface area contributed by atoms with Crippen molar-refractivity contribution < 1.29 is 14.6 Å². The Kier molecular flexibility index (Phi) is 5.21. The summed E-state index contributed by atoms with van der Waals surface area (Å²) < 4.78 is 6.76. The number of hydrogen-bond donors (Lipinski definition) is 1. The fraction of sp³-hybridized carbons (Fsp3) is 0.818. The topological polar surface area (TPSA) is 90.1 Å². The number of carboxylic acid groups (broad SMARTS) is 1. The van der Waals surface area contributed by atoms with E-state index in [2.05, 4.69) is 15.5 Å². The quantitative estimate of drug-likeness (QED) is 0.703. The van der Waals surface area contributed by atoms with Gasteiger partial charge < -0.3 is 9.84 Å². The Hall–Kier alpha value is -1.50. The molecule has 0 aliphatic carbocycles. The van der Waals surface area contributed by atoms with Crippen molar-refractivity contribution in [3.8, 4) is 0 Å². The molecule has 0 saturated carbocycles. The normalized spacial score (nSPS) is 11.7. The maximum absolute atomic E-state index is 11.5. The first-order valence-electron chi connectivity index (χ1n) is 6.21. The molecule has 0 saturated heterocycles. The molecule has 0 aromatic carbocycles. The second kappa shape index (κ2) is 6.44. The van der Waals surface area contributed by atoms with E-state index in [1.54, 1.807) is 0 Å². The van der Waals surface area contributed by atoms with Gasteiger partial charge in [0.2, 0.25) is 0 Å². The van der Waals surface area contributed by atoms with Gasteiger partial charge in [-0.1, -0.05) is 20.8 Å². The minimum atomic E-state index is -1.09. The lowest BCUT2D eigenvalue weighted by atomic mass is 9.93. The smallest absolute Gasteiger partial charge is 0.331 e. The van der Waals surface area contributed by atoms with Crippen LogP contribution in [0.25, 0.3) is 0 Å². The highest BCUT2D eigenvalue weighted by atomic mass is 16.5. The van der Waals surface area contributed by atoms with Crippen LogP contribution in [0.15, 0.2) is 0 Å². The molecule has 7 heteroatoms. The Balaban J connectivity index is 2.99. The average molecular weight is 256 g/mol. The molecule has 0 atom stereocenters. The third-order valence-electron chi connectivity index (χ3n) is 3.09. The van der Waals surface area contributed by atoms with E-state index in [1.807, 2.05) is 20.8 Å². The number of nitrogens with zero attached hydrogens (tertiary/aromatic N) is 4. The molecule has 1 rings (SSSR count). The van der Waals surface area contributed by atoms with Gasteiger partial charge in [0.1, 0.15) is 6.61 Å². The first-order valence-corrected chi connectivity index (χ1v) is 6.21. The molecule has 0 unspecified atom stereocenters. The first kappa shape index (κ1) is 14.6. The van der Waals surface area contributed by atoms with Gasteiger partial charge >= 0.3 is 5.97 Å². The van der Waals surface area contributed by atoms with Gasteiger partial charge in [0.05, 0.1) is 0 Å². The summed E-state index contributed by atoms with van der Waals surface area (Å²) in [6, 6.07) is 0. The van der Waals surface area contributed by atoms with Crippen LogP contribution in [0.2, 0.25) is 0 Å². The number of tetrazole rings is 1. The zero-order chi connectivity index (χ0) is 13.6. The number of hydrogen-bond acceptors (Lipinski definition) is 5.